The summed E-state index contributed by atoms with van der Waals surface area (Å²) in [7, 11) is 1.93. The fraction of sp³-hybridized carbons (Fsp3) is 0.235. The Kier molecular flexibility index (Phi) is 5.35. The van der Waals surface area contributed by atoms with E-state index in [-0.39, 0.29) is 5.91 Å². The molecule has 4 nitrogen and oxygen atoms in total. The van der Waals surface area contributed by atoms with Crippen molar-refractivity contribution >= 4 is 11.6 Å². The second-order valence-corrected chi connectivity index (χ2v) is 5.18. The van der Waals surface area contributed by atoms with Crippen molar-refractivity contribution in [1.29, 1.82) is 0 Å². The molecule has 2 rings (SSSR count). The normalized spacial score (nSPS) is 10.6. The summed E-state index contributed by atoms with van der Waals surface area (Å²) in [5.74, 6) is 0.0248. The second-order valence-electron chi connectivity index (χ2n) is 5.18. The first-order chi connectivity index (χ1) is 10.1. The first-order valence-corrected chi connectivity index (χ1v) is 6.97. The van der Waals surface area contributed by atoms with Crippen molar-refractivity contribution < 1.29 is 4.79 Å². The summed E-state index contributed by atoms with van der Waals surface area (Å²) in [4.78, 5) is 13.9. The number of nitrogen functional groups attached to an aromatic ring is 1. The molecule has 0 aliphatic heterocycles. The summed E-state index contributed by atoms with van der Waals surface area (Å²) >= 11 is 0. The predicted octanol–water partition coefficient (Wildman–Crippen LogP) is 2.02. The average molecular weight is 283 g/mol. The van der Waals surface area contributed by atoms with Crippen molar-refractivity contribution in [3.63, 3.8) is 0 Å². The maximum Gasteiger partial charge on any atom is 0.234 e. The first-order valence-electron chi connectivity index (χ1n) is 6.97. The zero-order valence-electron chi connectivity index (χ0n) is 12.3. The molecule has 0 bridgehead atoms. The number of benzene rings is 2. The van der Waals surface area contributed by atoms with Crippen molar-refractivity contribution in [1.82, 2.24) is 10.2 Å². The van der Waals surface area contributed by atoms with Gasteiger partial charge in [-0.3, -0.25) is 9.69 Å². The Morgan fingerprint density at radius 2 is 1.71 bits per heavy atom. The van der Waals surface area contributed by atoms with Gasteiger partial charge in [-0.1, -0.05) is 42.5 Å². The Morgan fingerprint density at radius 3 is 2.38 bits per heavy atom. The van der Waals surface area contributed by atoms with Crippen LogP contribution in [-0.2, 0) is 17.9 Å². The van der Waals surface area contributed by atoms with E-state index in [2.05, 4.69) is 5.32 Å². The van der Waals surface area contributed by atoms with Crippen molar-refractivity contribution in [2.45, 2.75) is 13.1 Å². The van der Waals surface area contributed by atoms with Gasteiger partial charge in [-0.2, -0.15) is 0 Å². The molecule has 1 amide bonds. The lowest BCUT2D eigenvalue weighted by molar-refractivity contribution is -0.122. The van der Waals surface area contributed by atoms with Gasteiger partial charge in [0.05, 0.1) is 6.54 Å². The Labute approximate surface area is 125 Å². The van der Waals surface area contributed by atoms with E-state index in [9.17, 15) is 4.79 Å². The maximum atomic E-state index is 11.9. The van der Waals surface area contributed by atoms with Crippen LogP contribution in [0.25, 0.3) is 0 Å². The third-order valence-electron chi connectivity index (χ3n) is 3.18. The fourth-order valence-corrected chi connectivity index (χ4v) is 2.09. The van der Waals surface area contributed by atoms with Gasteiger partial charge in [0.2, 0.25) is 5.91 Å². The van der Waals surface area contributed by atoms with Crippen LogP contribution in [0.1, 0.15) is 11.1 Å². The molecule has 4 heteroatoms. The summed E-state index contributed by atoms with van der Waals surface area (Å²) in [5, 5.41) is 2.92. The topological polar surface area (TPSA) is 58.4 Å². The van der Waals surface area contributed by atoms with E-state index < -0.39 is 0 Å². The van der Waals surface area contributed by atoms with Crippen molar-refractivity contribution in [3.8, 4) is 0 Å². The van der Waals surface area contributed by atoms with E-state index in [0.717, 1.165) is 23.4 Å². The van der Waals surface area contributed by atoms with Crippen LogP contribution in [0.4, 0.5) is 5.69 Å². The zero-order valence-corrected chi connectivity index (χ0v) is 12.3. The Bertz CT molecular complexity index is 566. The van der Waals surface area contributed by atoms with Crippen molar-refractivity contribution in [2.24, 2.45) is 0 Å². The lowest BCUT2D eigenvalue weighted by Crippen LogP contribution is -2.34. The summed E-state index contributed by atoms with van der Waals surface area (Å²) in [6, 6.07) is 17.6. The van der Waals surface area contributed by atoms with Gasteiger partial charge in [0.25, 0.3) is 0 Å². The SMILES string of the molecule is CN(CC(=O)NCc1ccccc1)Cc1ccc(N)cc1. The number of amides is 1. The van der Waals surface area contributed by atoms with Crippen LogP contribution in [0.3, 0.4) is 0 Å². The second kappa shape index (κ2) is 7.45. The lowest BCUT2D eigenvalue weighted by Gasteiger charge is -2.16. The van der Waals surface area contributed by atoms with Crippen LogP contribution in [0.5, 0.6) is 0 Å². The van der Waals surface area contributed by atoms with E-state index in [1.165, 1.54) is 0 Å². The van der Waals surface area contributed by atoms with Crippen LogP contribution >= 0.6 is 0 Å². The molecule has 0 aliphatic carbocycles. The number of rotatable bonds is 6. The van der Waals surface area contributed by atoms with Gasteiger partial charge >= 0.3 is 0 Å². The highest BCUT2D eigenvalue weighted by Crippen LogP contribution is 2.07. The van der Waals surface area contributed by atoms with Crippen LogP contribution in [0.2, 0.25) is 0 Å². The molecular formula is C17H21N3O. The molecule has 0 heterocycles. The zero-order chi connectivity index (χ0) is 15.1. The molecule has 0 fully saturated rings. The molecule has 0 aliphatic rings. The molecular weight excluding hydrogens is 262 g/mol. The van der Waals surface area contributed by atoms with Crippen LogP contribution < -0.4 is 11.1 Å². The number of nitrogens with two attached hydrogens (primary N) is 1. The molecule has 3 N–H and O–H groups in total. The first kappa shape index (κ1) is 15.1. The van der Waals surface area contributed by atoms with E-state index >= 15 is 0 Å². The van der Waals surface area contributed by atoms with Crippen molar-refractivity contribution in [2.75, 3.05) is 19.3 Å². The number of anilines is 1. The van der Waals surface area contributed by atoms with Gasteiger partial charge in [0.1, 0.15) is 0 Å². The highest BCUT2D eigenvalue weighted by atomic mass is 16.2. The molecule has 0 spiro atoms. The molecule has 0 unspecified atom stereocenters. The minimum Gasteiger partial charge on any atom is -0.399 e. The highest BCUT2D eigenvalue weighted by molar-refractivity contribution is 5.77. The molecule has 0 radical (unpaired) electrons. The van der Waals surface area contributed by atoms with Crippen LogP contribution in [-0.4, -0.2) is 24.4 Å². The quantitative estimate of drug-likeness (QED) is 0.797. The van der Waals surface area contributed by atoms with E-state index in [1.807, 2.05) is 66.5 Å². The predicted molar refractivity (Wildman–Crippen MR) is 85.5 cm³/mol. The minimum absolute atomic E-state index is 0.0248. The smallest absolute Gasteiger partial charge is 0.234 e. The summed E-state index contributed by atoms with van der Waals surface area (Å²) < 4.78 is 0. The fourth-order valence-electron chi connectivity index (χ4n) is 2.09. The van der Waals surface area contributed by atoms with Gasteiger partial charge in [0.15, 0.2) is 0 Å². The molecule has 0 saturated heterocycles. The molecule has 110 valence electrons. The van der Waals surface area contributed by atoms with Gasteiger partial charge in [0, 0.05) is 18.8 Å². The van der Waals surface area contributed by atoms with E-state index in [0.29, 0.717) is 13.1 Å². The van der Waals surface area contributed by atoms with Crippen LogP contribution in [0.15, 0.2) is 54.6 Å². The lowest BCUT2D eigenvalue weighted by atomic mass is 10.2. The third kappa shape index (κ3) is 5.28. The number of hydrogen-bond donors (Lipinski definition) is 2. The number of carbonyl (C=O) groups is 1. The third-order valence-corrected chi connectivity index (χ3v) is 3.18. The Morgan fingerprint density at radius 1 is 1.05 bits per heavy atom. The molecule has 0 atom stereocenters. The standard InChI is InChI=1S/C17H21N3O/c1-20(12-15-7-9-16(18)10-8-15)13-17(21)19-11-14-5-3-2-4-6-14/h2-10H,11-13,18H2,1H3,(H,19,21). The van der Waals surface area contributed by atoms with E-state index in [4.69, 9.17) is 5.73 Å². The van der Waals surface area contributed by atoms with Gasteiger partial charge < -0.3 is 11.1 Å². The molecule has 21 heavy (non-hydrogen) atoms. The molecule has 0 saturated carbocycles. The monoisotopic (exact) mass is 283 g/mol. The highest BCUT2D eigenvalue weighted by Gasteiger charge is 2.06. The van der Waals surface area contributed by atoms with Crippen LogP contribution in [0, 0.1) is 0 Å². The average Bonchev–Trinajstić information content (AvgIpc) is 2.48. The van der Waals surface area contributed by atoms with Gasteiger partial charge in [-0.25, -0.2) is 0 Å². The summed E-state index contributed by atoms with van der Waals surface area (Å²) in [6.07, 6.45) is 0. The van der Waals surface area contributed by atoms with Gasteiger partial charge in [-0.15, -0.1) is 0 Å². The number of nitrogens with one attached hydrogen (secondary N) is 1. The largest absolute Gasteiger partial charge is 0.399 e. The molecule has 0 aromatic heterocycles. The number of hydrogen-bond acceptors (Lipinski definition) is 3. The summed E-state index contributed by atoms with van der Waals surface area (Å²) in [5.41, 5.74) is 8.65. The van der Waals surface area contributed by atoms with Gasteiger partial charge in [-0.05, 0) is 30.3 Å². The summed E-state index contributed by atoms with van der Waals surface area (Å²) in [6.45, 7) is 1.66. The molecule has 2 aromatic carbocycles. The number of nitrogens with zero attached hydrogens (tertiary/aromatic N) is 1. The van der Waals surface area contributed by atoms with Crippen molar-refractivity contribution in [3.05, 3.63) is 65.7 Å². The van der Waals surface area contributed by atoms with E-state index in [1.54, 1.807) is 0 Å². The number of carbonyl (C=O) groups excluding carboxylic acids is 1. The Hall–Kier alpha value is -2.33. The minimum atomic E-state index is 0.0248. The Balaban J connectivity index is 1.75. The number of likely N-dealkylation sites (N-methyl/N-ethyl adjacent to an activating group) is 1. The maximum absolute atomic E-state index is 11.9. The molecule has 2 aromatic rings.